The van der Waals surface area contributed by atoms with Crippen LogP contribution >= 0.6 is 11.3 Å². The van der Waals surface area contributed by atoms with Gasteiger partial charge in [0, 0.05) is 17.1 Å². The van der Waals surface area contributed by atoms with Crippen LogP contribution in [0.25, 0.3) is 0 Å². The van der Waals surface area contributed by atoms with Gasteiger partial charge in [-0.3, -0.25) is 14.6 Å². The van der Waals surface area contributed by atoms with Crippen molar-refractivity contribution in [3.8, 4) is 5.75 Å². The molecule has 0 unspecified atom stereocenters. The number of nitrogens with zero attached hydrogens (tertiary/aromatic N) is 1. The van der Waals surface area contributed by atoms with E-state index in [1.165, 1.54) is 36.9 Å². The van der Waals surface area contributed by atoms with Crippen LogP contribution in [0.15, 0.2) is 48.1 Å². The van der Waals surface area contributed by atoms with Gasteiger partial charge in [-0.05, 0) is 23.6 Å². The topological polar surface area (TPSA) is 80.3 Å². The number of ether oxygens (including phenoxy) is 1. The van der Waals surface area contributed by atoms with Gasteiger partial charge in [0.15, 0.2) is 0 Å². The minimum Gasteiger partial charge on any atom is -0.494 e. The van der Waals surface area contributed by atoms with Crippen LogP contribution in [0.5, 0.6) is 5.75 Å². The second kappa shape index (κ2) is 8.57. The SMILES string of the molecule is COc1cnccc1C(=O)Nc1cc(C(=O)NCc2cccs2)c(F)cc1F. The van der Waals surface area contributed by atoms with Gasteiger partial charge in [-0.25, -0.2) is 8.78 Å². The zero-order valence-electron chi connectivity index (χ0n) is 14.7. The quantitative estimate of drug-likeness (QED) is 0.659. The summed E-state index contributed by atoms with van der Waals surface area (Å²) in [5.74, 6) is -3.25. The molecule has 28 heavy (non-hydrogen) atoms. The number of pyridine rings is 1. The number of nitrogens with one attached hydrogen (secondary N) is 2. The van der Waals surface area contributed by atoms with Crippen LogP contribution in [0.4, 0.5) is 14.5 Å². The Hall–Kier alpha value is -3.33. The average molecular weight is 403 g/mol. The van der Waals surface area contributed by atoms with Crippen LogP contribution in [-0.4, -0.2) is 23.9 Å². The van der Waals surface area contributed by atoms with Gasteiger partial charge in [-0.1, -0.05) is 6.07 Å². The molecule has 0 saturated heterocycles. The Bertz CT molecular complexity index is 1010. The first-order valence-corrected chi connectivity index (χ1v) is 8.96. The number of rotatable bonds is 6. The molecular weight excluding hydrogens is 388 g/mol. The maximum atomic E-state index is 14.1. The van der Waals surface area contributed by atoms with Crippen molar-refractivity contribution < 1.29 is 23.1 Å². The van der Waals surface area contributed by atoms with Crippen molar-refractivity contribution in [2.24, 2.45) is 0 Å². The molecule has 2 heterocycles. The van der Waals surface area contributed by atoms with Crippen molar-refractivity contribution >= 4 is 28.8 Å². The molecule has 0 spiro atoms. The lowest BCUT2D eigenvalue weighted by Crippen LogP contribution is -2.24. The van der Waals surface area contributed by atoms with Crippen LogP contribution < -0.4 is 15.4 Å². The second-order valence-corrected chi connectivity index (χ2v) is 6.64. The number of aromatic nitrogens is 1. The van der Waals surface area contributed by atoms with Gasteiger partial charge in [0.1, 0.15) is 17.4 Å². The lowest BCUT2D eigenvalue weighted by atomic mass is 10.1. The largest absolute Gasteiger partial charge is 0.494 e. The molecule has 0 fully saturated rings. The fourth-order valence-electron chi connectivity index (χ4n) is 2.41. The smallest absolute Gasteiger partial charge is 0.259 e. The monoisotopic (exact) mass is 403 g/mol. The maximum absolute atomic E-state index is 14.1. The van der Waals surface area contributed by atoms with Crippen molar-refractivity contribution in [3.05, 3.63) is 75.7 Å². The van der Waals surface area contributed by atoms with Crippen LogP contribution in [0, 0.1) is 11.6 Å². The number of amides is 2. The molecule has 2 N–H and O–H groups in total. The molecular formula is C19H15F2N3O3S. The minimum absolute atomic E-state index is 0.116. The third-order valence-electron chi connectivity index (χ3n) is 3.80. The Balaban J connectivity index is 1.80. The minimum atomic E-state index is -1.03. The van der Waals surface area contributed by atoms with Gasteiger partial charge in [-0.2, -0.15) is 0 Å². The molecule has 9 heteroatoms. The second-order valence-electron chi connectivity index (χ2n) is 5.60. The first-order valence-electron chi connectivity index (χ1n) is 8.08. The van der Waals surface area contributed by atoms with Gasteiger partial charge < -0.3 is 15.4 Å². The molecule has 0 atom stereocenters. The van der Waals surface area contributed by atoms with Crippen molar-refractivity contribution in [1.29, 1.82) is 0 Å². The third kappa shape index (κ3) is 4.32. The molecule has 6 nitrogen and oxygen atoms in total. The summed E-state index contributed by atoms with van der Waals surface area (Å²) in [7, 11) is 1.36. The van der Waals surface area contributed by atoms with Crippen molar-refractivity contribution in [2.75, 3.05) is 12.4 Å². The molecule has 0 saturated carbocycles. The van der Waals surface area contributed by atoms with Crippen molar-refractivity contribution in [3.63, 3.8) is 0 Å². The summed E-state index contributed by atoms with van der Waals surface area (Å²) in [5, 5.41) is 6.74. The predicted octanol–water partition coefficient (Wildman–Crippen LogP) is 3.61. The van der Waals surface area contributed by atoms with Gasteiger partial charge in [-0.15, -0.1) is 11.3 Å². The first-order chi connectivity index (χ1) is 13.5. The van der Waals surface area contributed by atoms with Crippen LogP contribution in [0.2, 0.25) is 0 Å². The molecule has 3 rings (SSSR count). The Morgan fingerprint density at radius 3 is 2.68 bits per heavy atom. The summed E-state index contributed by atoms with van der Waals surface area (Å²) in [6.07, 6.45) is 2.71. The van der Waals surface area contributed by atoms with E-state index in [0.29, 0.717) is 6.07 Å². The van der Waals surface area contributed by atoms with Gasteiger partial charge >= 0.3 is 0 Å². The van der Waals surface area contributed by atoms with E-state index in [2.05, 4.69) is 15.6 Å². The van der Waals surface area contributed by atoms with Crippen LogP contribution in [0.3, 0.4) is 0 Å². The van der Waals surface area contributed by atoms with Crippen LogP contribution in [0.1, 0.15) is 25.6 Å². The molecule has 0 aliphatic carbocycles. The molecule has 0 aliphatic rings. The maximum Gasteiger partial charge on any atom is 0.259 e. The Morgan fingerprint density at radius 1 is 1.14 bits per heavy atom. The van der Waals surface area contributed by atoms with Crippen molar-refractivity contribution in [1.82, 2.24) is 10.3 Å². The summed E-state index contributed by atoms with van der Waals surface area (Å²) < 4.78 is 33.3. The fraction of sp³-hybridized carbons (Fsp3) is 0.105. The number of carbonyl (C=O) groups excluding carboxylic acids is 2. The number of anilines is 1. The summed E-state index contributed by atoms with van der Waals surface area (Å²) in [4.78, 5) is 29.4. The van der Waals surface area contributed by atoms with E-state index in [4.69, 9.17) is 4.74 Å². The van der Waals surface area contributed by atoms with E-state index in [0.717, 1.165) is 10.9 Å². The summed E-state index contributed by atoms with van der Waals surface area (Å²) in [5.41, 5.74) is -0.591. The number of hydrogen-bond donors (Lipinski definition) is 2. The van der Waals surface area contributed by atoms with Crippen LogP contribution in [-0.2, 0) is 6.54 Å². The normalized spacial score (nSPS) is 10.4. The summed E-state index contributed by atoms with van der Waals surface area (Å²) in [6, 6.07) is 6.55. The molecule has 0 bridgehead atoms. The summed E-state index contributed by atoms with van der Waals surface area (Å²) >= 11 is 1.44. The van der Waals surface area contributed by atoms with E-state index >= 15 is 0 Å². The zero-order valence-corrected chi connectivity index (χ0v) is 15.5. The Morgan fingerprint density at radius 2 is 1.96 bits per heavy atom. The number of benzene rings is 1. The lowest BCUT2D eigenvalue weighted by Gasteiger charge is -2.11. The number of methoxy groups -OCH3 is 1. The fourth-order valence-corrected chi connectivity index (χ4v) is 3.06. The predicted molar refractivity (Wildman–Crippen MR) is 101 cm³/mol. The highest BCUT2D eigenvalue weighted by atomic mass is 32.1. The highest BCUT2D eigenvalue weighted by Crippen LogP contribution is 2.23. The molecule has 1 aromatic carbocycles. The first kappa shape index (κ1) is 19.4. The lowest BCUT2D eigenvalue weighted by molar-refractivity contribution is 0.0945. The van der Waals surface area contributed by atoms with E-state index in [1.807, 2.05) is 17.5 Å². The standard InChI is InChI=1S/C19H15F2N3O3S/c1-27-17-10-22-5-4-12(17)19(26)24-16-7-13(14(20)8-15(16)21)18(25)23-9-11-3-2-6-28-11/h2-8,10H,9H2,1H3,(H,23,25)(H,24,26). The highest BCUT2D eigenvalue weighted by Gasteiger charge is 2.19. The number of hydrogen-bond acceptors (Lipinski definition) is 5. The third-order valence-corrected chi connectivity index (χ3v) is 4.68. The average Bonchev–Trinajstić information content (AvgIpc) is 3.21. The Labute approximate surface area is 163 Å². The van der Waals surface area contributed by atoms with Crippen molar-refractivity contribution in [2.45, 2.75) is 6.54 Å². The van der Waals surface area contributed by atoms with E-state index in [-0.39, 0.29) is 29.1 Å². The van der Waals surface area contributed by atoms with Gasteiger partial charge in [0.05, 0.1) is 36.7 Å². The number of carbonyl (C=O) groups is 2. The zero-order chi connectivity index (χ0) is 20.1. The molecule has 0 aliphatic heterocycles. The summed E-state index contributed by atoms with van der Waals surface area (Å²) in [6.45, 7) is 0.212. The molecule has 144 valence electrons. The van der Waals surface area contributed by atoms with E-state index in [9.17, 15) is 18.4 Å². The molecule has 0 radical (unpaired) electrons. The van der Waals surface area contributed by atoms with Gasteiger partial charge in [0.25, 0.3) is 11.8 Å². The van der Waals surface area contributed by atoms with Gasteiger partial charge in [0.2, 0.25) is 0 Å². The molecule has 3 aromatic rings. The number of thiophene rings is 1. The molecule has 2 amide bonds. The number of halogens is 2. The van der Waals surface area contributed by atoms with E-state index < -0.39 is 23.4 Å². The van der Waals surface area contributed by atoms with E-state index in [1.54, 1.807) is 0 Å². The Kier molecular flexibility index (Phi) is 5.95. The molecule has 2 aromatic heterocycles. The highest BCUT2D eigenvalue weighted by molar-refractivity contribution is 7.09.